The van der Waals surface area contributed by atoms with Gasteiger partial charge in [0.25, 0.3) is 0 Å². The van der Waals surface area contributed by atoms with E-state index in [0.717, 1.165) is 16.8 Å². The molecule has 1 N–H and O–H groups in total. The summed E-state index contributed by atoms with van der Waals surface area (Å²) in [6, 6.07) is 5.63. The molecule has 2 rings (SSSR count). The maximum absolute atomic E-state index is 11.5. The summed E-state index contributed by atoms with van der Waals surface area (Å²) in [5.74, 6) is -0.826. The molecule has 1 aromatic carbocycles. The van der Waals surface area contributed by atoms with Gasteiger partial charge in [-0.05, 0) is 30.5 Å². The Morgan fingerprint density at radius 3 is 3.00 bits per heavy atom. The van der Waals surface area contributed by atoms with Crippen LogP contribution in [0.3, 0.4) is 0 Å². The fourth-order valence-electron chi connectivity index (χ4n) is 1.71. The van der Waals surface area contributed by atoms with E-state index in [1.165, 1.54) is 0 Å². The van der Waals surface area contributed by atoms with Crippen molar-refractivity contribution >= 4 is 23.2 Å². The molecule has 0 aliphatic carbocycles. The van der Waals surface area contributed by atoms with Crippen molar-refractivity contribution in [3.05, 3.63) is 28.3 Å². The van der Waals surface area contributed by atoms with Crippen LogP contribution in [0.25, 0.3) is 0 Å². The van der Waals surface area contributed by atoms with Gasteiger partial charge in [-0.15, -0.1) is 0 Å². The van der Waals surface area contributed by atoms with E-state index in [-0.39, 0.29) is 5.91 Å². The van der Waals surface area contributed by atoms with Crippen molar-refractivity contribution in [2.75, 3.05) is 5.32 Å². The lowest BCUT2D eigenvalue weighted by Gasteiger charge is -2.22. The molecular weight excluding hydrogens is 212 g/mol. The van der Waals surface area contributed by atoms with Crippen LogP contribution in [0.2, 0.25) is 5.02 Å². The number of amides is 1. The molecule has 4 heteroatoms. The first-order valence-corrected chi connectivity index (χ1v) is 4.99. The molecule has 0 fully saturated rings. The number of carbonyl (C=O) groups is 1. The van der Waals surface area contributed by atoms with Crippen LogP contribution in [0, 0.1) is 24.2 Å². The number of fused-ring (bicyclic) bond motifs is 1. The van der Waals surface area contributed by atoms with Crippen molar-refractivity contribution in [2.24, 2.45) is 5.92 Å². The number of hydrogen-bond acceptors (Lipinski definition) is 2. The molecule has 0 saturated carbocycles. The van der Waals surface area contributed by atoms with Crippen molar-refractivity contribution in [2.45, 2.75) is 13.3 Å². The standard InChI is InChI=1S/C11H9ClN2O/c1-6-9(12)3-2-7-4-8(5-13)11(15)14-10(6)7/h2-3,8H,4H2,1H3,(H,14,15). The SMILES string of the molecule is Cc1c(Cl)ccc2c1NC(=O)C(C#N)C2. The van der Waals surface area contributed by atoms with E-state index in [1.54, 1.807) is 6.07 Å². The van der Waals surface area contributed by atoms with Gasteiger partial charge >= 0.3 is 0 Å². The predicted molar refractivity (Wildman–Crippen MR) is 57.6 cm³/mol. The van der Waals surface area contributed by atoms with E-state index < -0.39 is 5.92 Å². The van der Waals surface area contributed by atoms with Crippen LogP contribution in [0.1, 0.15) is 11.1 Å². The summed E-state index contributed by atoms with van der Waals surface area (Å²) in [5, 5.41) is 12.1. The van der Waals surface area contributed by atoms with Gasteiger partial charge in [0.05, 0.1) is 6.07 Å². The number of benzene rings is 1. The van der Waals surface area contributed by atoms with E-state index in [0.29, 0.717) is 11.4 Å². The van der Waals surface area contributed by atoms with Crippen LogP contribution in [-0.4, -0.2) is 5.91 Å². The molecule has 0 radical (unpaired) electrons. The number of rotatable bonds is 0. The minimum Gasteiger partial charge on any atom is -0.324 e. The van der Waals surface area contributed by atoms with Gasteiger partial charge in [-0.2, -0.15) is 5.26 Å². The first-order valence-electron chi connectivity index (χ1n) is 4.62. The average Bonchev–Trinajstić information content (AvgIpc) is 2.24. The molecule has 1 unspecified atom stereocenters. The van der Waals surface area contributed by atoms with Crippen LogP contribution in [0.5, 0.6) is 0 Å². The predicted octanol–water partition coefficient (Wildman–Crippen LogP) is 2.28. The third kappa shape index (κ3) is 1.57. The van der Waals surface area contributed by atoms with Gasteiger partial charge in [0.15, 0.2) is 0 Å². The smallest absolute Gasteiger partial charge is 0.242 e. The van der Waals surface area contributed by atoms with Gasteiger partial charge in [-0.1, -0.05) is 17.7 Å². The van der Waals surface area contributed by atoms with Gasteiger partial charge in [-0.3, -0.25) is 4.79 Å². The second-order valence-electron chi connectivity index (χ2n) is 3.58. The van der Waals surface area contributed by atoms with Crippen LogP contribution >= 0.6 is 11.6 Å². The van der Waals surface area contributed by atoms with E-state index in [2.05, 4.69) is 5.32 Å². The van der Waals surface area contributed by atoms with Crippen molar-refractivity contribution in [1.29, 1.82) is 5.26 Å². The van der Waals surface area contributed by atoms with Gasteiger partial charge in [0.2, 0.25) is 5.91 Å². The van der Waals surface area contributed by atoms with Crippen molar-refractivity contribution < 1.29 is 4.79 Å². The molecule has 0 aromatic heterocycles. The van der Waals surface area contributed by atoms with Gasteiger partial charge < -0.3 is 5.32 Å². The zero-order chi connectivity index (χ0) is 11.0. The molecule has 1 amide bonds. The molecule has 0 saturated heterocycles. The number of nitrogens with one attached hydrogen (secondary N) is 1. The zero-order valence-corrected chi connectivity index (χ0v) is 8.93. The second-order valence-corrected chi connectivity index (χ2v) is 3.99. The largest absolute Gasteiger partial charge is 0.324 e. The molecule has 1 heterocycles. The molecule has 0 spiro atoms. The lowest BCUT2D eigenvalue weighted by atomic mass is 9.92. The fourth-order valence-corrected chi connectivity index (χ4v) is 1.87. The number of carbonyl (C=O) groups excluding carboxylic acids is 1. The Morgan fingerprint density at radius 1 is 1.60 bits per heavy atom. The Labute approximate surface area is 92.7 Å². The first-order chi connectivity index (χ1) is 7.13. The highest BCUT2D eigenvalue weighted by molar-refractivity contribution is 6.31. The number of anilines is 1. The van der Waals surface area contributed by atoms with Crippen LogP contribution in [-0.2, 0) is 11.2 Å². The first kappa shape index (κ1) is 10.0. The van der Waals surface area contributed by atoms with Gasteiger partial charge in [0.1, 0.15) is 5.92 Å². The normalized spacial score (nSPS) is 19.0. The molecule has 15 heavy (non-hydrogen) atoms. The highest BCUT2D eigenvalue weighted by atomic mass is 35.5. The van der Waals surface area contributed by atoms with E-state index >= 15 is 0 Å². The highest BCUT2D eigenvalue weighted by Gasteiger charge is 2.27. The van der Waals surface area contributed by atoms with E-state index in [9.17, 15) is 4.79 Å². The molecule has 1 aliphatic heterocycles. The lowest BCUT2D eigenvalue weighted by molar-refractivity contribution is -0.118. The molecule has 1 aliphatic rings. The summed E-state index contributed by atoms with van der Waals surface area (Å²) in [4.78, 5) is 11.5. The van der Waals surface area contributed by atoms with Crippen molar-refractivity contribution in [3.63, 3.8) is 0 Å². The zero-order valence-electron chi connectivity index (χ0n) is 8.17. The molecule has 76 valence electrons. The summed E-state index contributed by atoms with van der Waals surface area (Å²) in [6.45, 7) is 1.86. The van der Waals surface area contributed by atoms with Crippen LogP contribution in [0.4, 0.5) is 5.69 Å². The lowest BCUT2D eigenvalue weighted by Crippen LogP contribution is -2.29. The summed E-state index contributed by atoms with van der Waals surface area (Å²) >= 11 is 5.95. The molecule has 0 bridgehead atoms. The van der Waals surface area contributed by atoms with Gasteiger partial charge in [0, 0.05) is 10.7 Å². The fraction of sp³-hybridized carbons (Fsp3) is 0.273. The average molecular weight is 221 g/mol. The molecule has 1 atom stereocenters. The van der Waals surface area contributed by atoms with E-state index in [1.807, 2.05) is 19.1 Å². The topological polar surface area (TPSA) is 52.9 Å². The van der Waals surface area contributed by atoms with Crippen LogP contribution in [0.15, 0.2) is 12.1 Å². The molecular formula is C11H9ClN2O. The van der Waals surface area contributed by atoms with E-state index in [4.69, 9.17) is 16.9 Å². The Hall–Kier alpha value is -1.53. The molecule has 1 aromatic rings. The number of nitrogens with zero attached hydrogens (tertiary/aromatic N) is 1. The quantitative estimate of drug-likeness (QED) is 0.729. The Balaban J connectivity index is 2.50. The Bertz CT molecular complexity index is 476. The number of hydrogen-bond donors (Lipinski definition) is 1. The maximum atomic E-state index is 11.5. The summed E-state index contributed by atoms with van der Waals surface area (Å²) in [5.41, 5.74) is 2.60. The Kier molecular flexibility index (Phi) is 2.37. The summed E-state index contributed by atoms with van der Waals surface area (Å²) in [6.07, 6.45) is 0.468. The number of nitriles is 1. The third-order valence-corrected chi connectivity index (χ3v) is 3.04. The maximum Gasteiger partial charge on any atom is 0.242 e. The highest BCUT2D eigenvalue weighted by Crippen LogP contribution is 2.32. The van der Waals surface area contributed by atoms with Crippen molar-refractivity contribution in [3.8, 4) is 6.07 Å². The monoisotopic (exact) mass is 220 g/mol. The van der Waals surface area contributed by atoms with Gasteiger partial charge in [-0.25, -0.2) is 0 Å². The molecule has 3 nitrogen and oxygen atoms in total. The minimum atomic E-state index is -0.585. The van der Waals surface area contributed by atoms with Crippen molar-refractivity contribution in [1.82, 2.24) is 0 Å². The summed E-state index contributed by atoms with van der Waals surface area (Å²) in [7, 11) is 0. The second kappa shape index (κ2) is 3.56. The Morgan fingerprint density at radius 2 is 2.33 bits per heavy atom. The third-order valence-electron chi connectivity index (χ3n) is 2.63. The number of halogens is 1. The minimum absolute atomic E-state index is 0.240. The van der Waals surface area contributed by atoms with Crippen LogP contribution < -0.4 is 5.32 Å². The summed E-state index contributed by atoms with van der Waals surface area (Å²) < 4.78 is 0.